The third kappa shape index (κ3) is 1.30. The van der Waals surface area contributed by atoms with Crippen molar-refractivity contribution in [2.24, 2.45) is 0 Å². The van der Waals surface area contributed by atoms with Crippen LogP contribution >= 0.6 is 0 Å². The van der Waals surface area contributed by atoms with Crippen molar-refractivity contribution in [2.45, 2.75) is 0 Å². The molecule has 0 N–H and O–H groups in total. The number of nitrogens with zero attached hydrogens (tertiary/aromatic N) is 1. The SMILES string of the molecule is C=Cn1c2ccccc2c2c3ccccc3ccc21. The molecule has 0 aliphatic rings. The minimum absolute atomic E-state index is 1.21. The van der Waals surface area contributed by atoms with E-state index in [0.29, 0.717) is 0 Å². The highest BCUT2D eigenvalue weighted by molar-refractivity contribution is 6.21. The standard InChI is InChI=1S/C18H13N/c1-2-19-16-10-6-5-9-15(16)18-14-8-4-3-7-13(14)11-12-17(18)19/h2-12H,1H2. The monoisotopic (exact) mass is 243 g/mol. The van der Waals surface area contributed by atoms with E-state index >= 15 is 0 Å². The van der Waals surface area contributed by atoms with Crippen LogP contribution in [0.5, 0.6) is 0 Å². The summed E-state index contributed by atoms with van der Waals surface area (Å²) in [4.78, 5) is 0. The maximum atomic E-state index is 3.95. The fourth-order valence-electron chi connectivity index (χ4n) is 2.97. The topological polar surface area (TPSA) is 4.93 Å². The Balaban J connectivity index is 2.41. The highest BCUT2D eigenvalue weighted by Gasteiger charge is 2.10. The fourth-order valence-corrected chi connectivity index (χ4v) is 2.97. The quantitative estimate of drug-likeness (QED) is 0.441. The zero-order valence-electron chi connectivity index (χ0n) is 10.5. The summed E-state index contributed by atoms with van der Waals surface area (Å²) in [5.41, 5.74) is 2.43. The summed E-state index contributed by atoms with van der Waals surface area (Å²) >= 11 is 0. The molecular weight excluding hydrogens is 230 g/mol. The molecule has 4 aromatic rings. The van der Waals surface area contributed by atoms with Gasteiger partial charge in [-0.15, -0.1) is 0 Å². The van der Waals surface area contributed by atoms with Gasteiger partial charge in [0.25, 0.3) is 0 Å². The van der Waals surface area contributed by atoms with Crippen molar-refractivity contribution >= 4 is 38.8 Å². The van der Waals surface area contributed by atoms with Crippen LogP contribution in [-0.2, 0) is 0 Å². The third-order valence-electron chi connectivity index (χ3n) is 3.78. The molecule has 0 saturated heterocycles. The van der Waals surface area contributed by atoms with Gasteiger partial charge in [0, 0.05) is 17.0 Å². The lowest BCUT2D eigenvalue weighted by atomic mass is 10.0. The Labute approximate surface area is 111 Å². The molecule has 19 heavy (non-hydrogen) atoms. The molecule has 1 nitrogen and oxygen atoms in total. The lowest BCUT2D eigenvalue weighted by molar-refractivity contribution is 1.30. The molecule has 1 heterocycles. The number of benzene rings is 3. The molecule has 0 aliphatic carbocycles. The van der Waals surface area contributed by atoms with Gasteiger partial charge in [-0.25, -0.2) is 0 Å². The first kappa shape index (κ1) is 10.4. The third-order valence-corrected chi connectivity index (χ3v) is 3.78. The predicted molar refractivity (Wildman–Crippen MR) is 83.3 cm³/mol. The van der Waals surface area contributed by atoms with Gasteiger partial charge >= 0.3 is 0 Å². The van der Waals surface area contributed by atoms with Gasteiger partial charge in [0.1, 0.15) is 0 Å². The van der Waals surface area contributed by atoms with E-state index in [9.17, 15) is 0 Å². The van der Waals surface area contributed by atoms with Crippen LogP contribution in [0.25, 0.3) is 38.8 Å². The molecule has 3 aromatic carbocycles. The van der Waals surface area contributed by atoms with E-state index in [1.54, 1.807) is 0 Å². The van der Waals surface area contributed by atoms with Gasteiger partial charge in [0.05, 0.1) is 11.0 Å². The van der Waals surface area contributed by atoms with Crippen molar-refractivity contribution in [3.8, 4) is 0 Å². The number of rotatable bonds is 1. The van der Waals surface area contributed by atoms with Gasteiger partial charge in [-0.05, 0) is 22.9 Å². The van der Waals surface area contributed by atoms with Crippen molar-refractivity contribution in [1.82, 2.24) is 4.57 Å². The highest BCUT2D eigenvalue weighted by atomic mass is 14.9. The summed E-state index contributed by atoms with van der Waals surface area (Å²) in [5, 5.41) is 5.18. The molecule has 1 aromatic heterocycles. The van der Waals surface area contributed by atoms with Crippen molar-refractivity contribution in [3.63, 3.8) is 0 Å². The number of hydrogen-bond acceptors (Lipinski definition) is 0. The molecule has 0 fully saturated rings. The molecule has 90 valence electrons. The first-order chi connectivity index (χ1) is 9.40. The molecule has 1 heteroatoms. The minimum atomic E-state index is 1.21. The zero-order valence-corrected chi connectivity index (χ0v) is 10.5. The van der Waals surface area contributed by atoms with Crippen LogP contribution in [-0.4, -0.2) is 4.57 Å². The summed E-state index contributed by atoms with van der Waals surface area (Å²) in [6, 6.07) is 21.4. The second kappa shape index (κ2) is 3.72. The molecule has 0 unspecified atom stereocenters. The van der Waals surface area contributed by atoms with Crippen LogP contribution in [0, 0.1) is 0 Å². The van der Waals surface area contributed by atoms with Crippen molar-refractivity contribution in [2.75, 3.05) is 0 Å². The van der Waals surface area contributed by atoms with E-state index < -0.39 is 0 Å². The smallest absolute Gasteiger partial charge is 0.0541 e. The van der Waals surface area contributed by atoms with Crippen LogP contribution in [0.3, 0.4) is 0 Å². The van der Waals surface area contributed by atoms with Crippen LogP contribution in [0.15, 0.2) is 67.2 Å². The van der Waals surface area contributed by atoms with E-state index in [0.717, 1.165) is 0 Å². The van der Waals surface area contributed by atoms with E-state index in [1.165, 1.54) is 32.6 Å². The molecule has 4 rings (SSSR count). The van der Waals surface area contributed by atoms with Gasteiger partial charge in [-0.1, -0.05) is 55.1 Å². The van der Waals surface area contributed by atoms with E-state index in [4.69, 9.17) is 0 Å². The maximum absolute atomic E-state index is 3.95. The van der Waals surface area contributed by atoms with Crippen molar-refractivity contribution in [3.05, 3.63) is 67.2 Å². The average Bonchev–Trinajstić information content (AvgIpc) is 2.81. The maximum Gasteiger partial charge on any atom is 0.0541 e. The second-order valence-electron chi connectivity index (χ2n) is 4.75. The molecule has 0 spiro atoms. The summed E-state index contributed by atoms with van der Waals surface area (Å²) < 4.78 is 2.16. The summed E-state index contributed by atoms with van der Waals surface area (Å²) in [7, 11) is 0. The van der Waals surface area contributed by atoms with Crippen molar-refractivity contribution in [1.29, 1.82) is 0 Å². The Morgan fingerprint density at radius 3 is 2.32 bits per heavy atom. The van der Waals surface area contributed by atoms with Gasteiger partial charge in [-0.2, -0.15) is 0 Å². The van der Waals surface area contributed by atoms with Crippen molar-refractivity contribution < 1.29 is 0 Å². The van der Waals surface area contributed by atoms with E-state index in [1.807, 2.05) is 6.20 Å². The Hall–Kier alpha value is -2.54. The van der Waals surface area contributed by atoms with Gasteiger partial charge < -0.3 is 4.57 Å². The zero-order chi connectivity index (χ0) is 12.8. The van der Waals surface area contributed by atoms with Crippen LogP contribution in [0.1, 0.15) is 0 Å². The first-order valence-electron chi connectivity index (χ1n) is 6.43. The van der Waals surface area contributed by atoms with E-state index in [-0.39, 0.29) is 0 Å². The van der Waals surface area contributed by atoms with Gasteiger partial charge in [0.15, 0.2) is 0 Å². The number of fused-ring (bicyclic) bond motifs is 5. The largest absolute Gasteiger partial charge is 0.317 e. The fraction of sp³-hybridized carbons (Fsp3) is 0. The summed E-state index contributed by atoms with van der Waals surface area (Å²) in [5.74, 6) is 0. The summed E-state index contributed by atoms with van der Waals surface area (Å²) in [6.45, 7) is 3.95. The Kier molecular flexibility index (Phi) is 2.04. The first-order valence-corrected chi connectivity index (χ1v) is 6.43. The van der Waals surface area contributed by atoms with Gasteiger partial charge in [0.2, 0.25) is 0 Å². The Morgan fingerprint density at radius 2 is 1.47 bits per heavy atom. The van der Waals surface area contributed by atoms with Crippen LogP contribution in [0.4, 0.5) is 0 Å². The second-order valence-corrected chi connectivity index (χ2v) is 4.75. The molecular formula is C18H13N. The average molecular weight is 243 g/mol. The number of hydrogen-bond donors (Lipinski definition) is 0. The van der Waals surface area contributed by atoms with Crippen LogP contribution < -0.4 is 0 Å². The summed E-state index contributed by atoms with van der Waals surface area (Å²) in [6.07, 6.45) is 1.89. The molecule has 0 saturated carbocycles. The molecule has 0 radical (unpaired) electrons. The van der Waals surface area contributed by atoms with E-state index in [2.05, 4.69) is 71.8 Å². The van der Waals surface area contributed by atoms with Gasteiger partial charge in [-0.3, -0.25) is 0 Å². The Morgan fingerprint density at radius 1 is 0.737 bits per heavy atom. The molecule has 0 aliphatic heterocycles. The lowest BCUT2D eigenvalue weighted by Gasteiger charge is -2.01. The molecule has 0 amide bonds. The number of para-hydroxylation sites is 1. The Bertz CT molecular complexity index is 928. The molecule has 0 atom stereocenters. The number of aromatic nitrogens is 1. The predicted octanol–water partition coefficient (Wildman–Crippen LogP) is 5.05. The minimum Gasteiger partial charge on any atom is -0.317 e. The lowest BCUT2D eigenvalue weighted by Crippen LogP contribution is -1.83. The molecule has 0 bridgehead atoms. The normalized spacial score (nSPS) is 11.4. The highest BCUT2D eigenvalue weighted by Crippen LogP contribution is 2.34. The van der Waals surface area contributed by atoms with Crippen LogP contribution in [0.2, 0.25) is 0 Å².